The molecule has 0 radical (unpaired) electrons. The van der Waals surface area contributed by atoms with Crippen LogP contribution < -0.4 is 0 Å². The Labute approximate surface area is 178 Å². The zero-order valence-corrected chi connectivity index (χ0v) is 17.5. The van der Waals surface area contributed by atoms with Crippen LogP contribution in [-0.2, 0) is 16.1 Å². The van der Waals surface area contributed by atoms with Gasteiger partial charge in [-0.2, -0.15) is 0 Å². The summed E-state index contributed by atoms with van der Waals surface area (Å²) in [4.78, 5) is 28.7. The number of hydrogen-bond donors (Lipinski definition) is 0. The van der Waals surface area contributed by atoms with E-state index in [4.69, 9.17) is 0 Å². The molecule has 2 amide bonds. The fourth-order valence-electron chi connectivity index (χ4n) is 4.33. The Kier molecular flexibility index (Phi) is 5.60. The quantitative estimate of drug-likeness (QED) is 0.682. The van der Waals surface area contributed by atoms with Crippen LogP contribution in [0.4, 0.5) is 8.78 Å². The number of aromatic nitrogens is 2. The lowest BCUT2D eigenvalue weighted by molar-refractivity contribution is -0.133. The van der Waals surface area contributed by atoms with E-state index in [2.05, 4.69) is 14.9 Å². The molecule has 1 aromatic carbocycles. The van der Waals surface area contributed by atoms with Gasteiger partial charge in [-0.3, -0.25) is 9.59 Å². The molecule has 1 spiro atoms. The lowest BCUT2D eigenvalue weighted by Crippen LogP contribution is -2.40. The number of nitrogens with zero attached hydrogens (tertiary/aromatic N) is 4. The molecule has 1 saturated carbocycles. The van der Waals surface area contributed by atoms with Gasteiger partial charge in [-0.15, -0.1) is 0 Å². The number of hydrogen-bond acceptors (Lipinski definition) is 5. The van der Waals surface area contributed by atoms with Gasteiger partial charge in [0.15, 0.2) is 0 Å². The standard InChI is InChI=1S/C22H24F2N4O3/c1-14-19(26-31-25-14)13-27(2)21(30)18-12-22(18)5-7-28(8-6-22)20(29)4-3-15-9-16(23)11-17(24)10-15/h3-4,9-11,18H,5-8,12-13H2,1-2H3. The molecule has 2 fully saturated rings. The average molecular weight is 430 g/mol. The van der Waals surface area contributed by atoms with Crippen molar-refractivity contribution in [1.82, 2.24) is 20.1 Å². The van der Waals surface area contributed by atoms with Crippen LogP contribution in [0.2, 0.25) is 0 Å². The summed E-state index contributed by atoms with van der Waals surface area (Å²) in [5, 5.41) is 7.56. The number of benzene rings is 1. The zero-order valence-electron chi connectivity index (χ0n) is 17.5. The van der Waals surface area contributed by atoms with Gasteiger partial charge >= 0.3 is 0 Å². The summed E-state index contributed by atoms with van der Waals surface area (Å²) < 4.78 is 31.2. The predicted octanol–water partition coefficient (Wildman–Crippen LogP) is 2.96. The molecule has 164 valence electrons. The van der Waals surface area contributed by atoms with Crippen LogP contribution in [0.3, 0.4) is 0 Å². The summed E-state index contributed by atoms with van der Waals surface area (Å²) in [6.45, 7) is 3.26. The van der Waals surface area contributed by atoms with Gasteiger partial charge in [0.1, 0.15) is 23.0 Å². The number of piperidine rings is 1. The van der Waals surface area contributed by atoms with Crippen LogP contribution in [0.5, 0.6) is 0 Å². The van der Waals surface area contributed by atoms with Gasteiger partial charge in [0, 0.05) is 38.2 Å². The van der Waals surface area contributed by atoms with Crippen molar-refractivity contribution < 1.29 is 23.0 Å². The van der Waals surface area contributed by atoms with Crippen LogP contribution in [-0.4, -0.2) is 52.1 Å². The summed E-state index contributed by atoms with van der Waals surface area (Å²) in [6.07, 6.45) is 5.10. The highest BCUT2D eigenvalue weighted by Crippen LogP contribution is 2.60. The van der Waals surface area contributed by atoms with Gasteiger partial charge in [-0.25, -0.2) is 13.4 Å². The van der Waals surface area contributed by atoms with E-state index in [0.29, 0.717) is 36.6 Å². The van der Waals surface area contributed by atoms with E-state index in [1.54, 1.807) is 23.8 Å². The van der Waals surface area contributed by atoms with Crippen molar-refractivity contribution in [2.24, 2.45) is 11.3 Å². The van der Waals surface area contributed by atoms with E-state index in [1.807, 2.05) is 0 Å². The third kappa shape index (κ3) is 4.50. The third-order valence-electron chi connectivity index (χ3n) is 6.37. The Hall–Kier alpha value is -3.10. The molecule has 2 aliphatic rings. The van der Waals surface area contributed by atoms with Crippen LogP contribution in [0.25, 0.3) is 6.08 Å². The van der Waals surface area contributed by atoms with E-state index >= 15 is 0 Å². The maximum absolute atomic E-state index is 13.3. The maximum atomic E-state index is 13.3. The minimum absolute atomic E-state index is 0.0410. The van der Waals surface area contributed by atoms with E-state index in [9.17, 15) is 18.4 Å². The summed E-state index contributed by atoms with van der Waals surface area (Å²) >= 11 is 0. The Balaban J connectivity index is 1.29. The Morgan fingerprint density at radius 2 is 1.90 bits per heavy atom. The number of amides is 2. The van der Waals surface area contributed by atoms with E-state index in [1.165, 1.54) is 24.3 Å². The predicted molar refractivity (Wildman–Crippen MR) is 107 cm³/mol. The lowest BCUT2D eigenvalue weighted by atomic mass is 9.90. The first-order chi connectivity index (χ1) is 14.8. The SMILES string of the molecule is Cc1nonc1CN(C)C(=O)C1CC12CCN(C(=O)C=Cc1cc(F)cc(F)c1)CC2. The van der Waals surface area contributed by atoms with Crippen molar-refractivity contribution in [3.05, 3.63) is 52.9 Å². The van der Waals surface area contributed by atoms with E-state index < -0.39 is 11.6 Å². The zero-order chi connectivity index (χ0) is 22.2. The van der Waals surface area contributed by atoms with Gasteiger partial charge in [0.2, 0.25) is 11.8 Å². The second-order valence-electron chi connectivity index (χ2n) is 8.47. The number of aryl methyl sites for hydroxylation is 1. The number of carbonyl (C=O) groups is 2. The first-order valence-electron chi connectivity index (χ1n) is 10.2. The molecule has 1 aliphatic carbocycles. The lowest BCUT2D eigenvalue weighted by Gasteiger charge is -2.32. The first-order valence-corrected chi connectivity index (χ1v) is 10.2. The van der Waals surface area contributed by atoms with Gasteiger partial charge in [-0.1, -0.05) is 10.3 Å². The molecule has 1 aliphatic heterocycles. The summed E-state index contributed by atoms with van der Waals surface area (Å²) in [6, 6.07) is 3.13. The van der Waals surface area contributed by atoms with Crippen LogP contribution in [0, 0.1) is 29.9 Å². The van der Waals surface area contributed by atoms with Gasteiger partial charge in [0.05, 0.1) is 6.54 Å². The molecule has 1 saturated heterocycles. The Morgan fingerprint density at radius 1 is 1.23 bits per heavy atom. The monoisotopic (exact) mass is 430 g/mol. The molecule has 1 aromatic heterocycles. The number of carbonyl (C=O) groups excluding carboxylic acids is 2. The molecule has 2 heterocycles. The van der Waals surface area contributed by atoms with Crippen molar-refractivity contribution >= 4 is 17.9 Å². The maximum Gasteiger partial charge on any atom is 0.246 e. The number of likely N-dealkylation sites (tertiary alicyclic amines) is 1. The summed E-state index contributed by atoms with van der Waals surface area (Å²) in [5.74, 6) is -1.53. The first kappa shape index (κ1) is 21.1. The molecule has 2 aromatic rings. The minimum Gasteiger partial charge on any atom is -0.339 e. The molecular formula is C22H24F2N4O3. The van der Waals surface area contributed by atoms with Crippen LogP contribution >= 0.6 is 0 Å². The van der Waals surface area contributed by atoms with Gasteiger partial charge in [0.25, 0.3) is 0 Å². The second kappa shape index (κ2) is 8.20. The third-order valence-corrected chi connectivity index (χ3v) is 6.37. The fourth-order valence-corrected chi connectivity index (χ4v) is 4.33. The van der Waals surface area contributed by atoms with E-state index in [0.717, 1.165) is 25.3 Å². The molecule has 4 rings (SSSR count). The second-order valence-corrected chi connectivity index (χ2v) is 8.47. The van der Waals surface area contributed by atoms with Gasteiger partial charge in [-0.05, 0) is 55.4 Å². The minimum atomic E-state index is -0.684. The Morgan fingerprint density at radius 3 is 2.52 bits per heavy atom. The van der Waals surface area contributed by atoms with Crippen molar-refractivity contribution in [2.75, 3.05) is 20.1 Å². The van der Waals surface area contributed by atoms with Crippen LogP contribution in [0.1, 0.15) is 36.2 Å². The Bertz CT molecular complexity index is 1010. The smallest absolute Gasteiger partial charge is 0.246 e. The highest BCUT2D eigenvalue weighted by molar-refractivity contribution is 5.92. The molecule has 31 heavy (non-hydrogen) atoms. The van der Waals surface area contributed by atoms with E-state index in [-0.39, 0.29) is 23.1 Å². The highest BCUT2D eigenvalue weighted by atomic mass is 19.1. The molecule has 1 unspecified atom stereocenters. The van der Waals surface area contributed by atoms with Crippen molar-refractivity contribution in [3.63, 3.8) is 0 Å². The highest BCUT2D eigenvalue weighted by Gasteiger charge is 2.59. The summed E-state index contributed by atoms with van der Waals surface area (Å²) in [5.41, 5.74) is 1.57. The van der Waals surface area contributed by atoms with Gasteiger partial charge < -0.3 is 9.80 Å². The molecule has 9 heteroatoms. The summed E-state index contributed by atoms with van der Waals surface area (Å²) in [7, 11) is 1.75. The molecule has 0 N–H and O–H groups in total. The molecular weight excluding hydrogens is 406 g/mol. The molecule has 7 nitrogen and oxygen atoms in total. The van der Waals surface area contributed by atoms with Crippen molar-refractivity contribution in [1.29, 1.82) is 0 Å². The van der Waals surface area contributed by atoms with Crippen molar-refractivity contribution in [2.45, 2.75) is 32.7 Å². The molecule has 1 atom stereocenters. The average Bonchev–Trinajstić information content (AvgIpc) is 3.27. The topological polar surface area (TPSA) is 79.5 Å². The molecule has 0 bridgehead atoms. The largest absolute Gasteiger partial charge is 0.339 e. The fraction of sp³-hybridized carbons (Fsp3) is 0.455. The number of halogens is 2. The number of rotatable bonds is 5. The normalized spacial score (nSPS) is 19.7. The van der Waals surface area contributed by atoms with Crippen molar-refractivity contribution in [3.8, 4) is 0 Å². The van der Waals surface area contributed by atoms with Crippen LogP contribution in [0.15, 0.2) is 28.9 Å².